The smallest absolute Gasteiger partial charge is 0.254 e. The highest BCUT2D eigenvalue weighted by Crippen LogP contribution is 2.39. The van der Waals surface area contributed by atoms with Crippen LogP contribution in [-0.2, 0) is 28.8 Å². The fraction of sp³-hybridized carbons (Fsp3) is 0.391. The van der Waals surface area contributed by atoms with Gasteiger partial charge in [-0.15, -0.1) is 11.3 Å². The molecular formula is C23H23BrN2O4S. The van der Waals surface area contributed by atoms with Crippen LogP contribution in [0.1, 0.15) is 45.6 Å². The van der Waals surface area contributed by atoms with Crippen molar-refractivity contribution in [3.05, 3.63) is 50.5 Å². The Hall–Kier alpha value is -2.16. The van der Waals surface area contributed by atoms with E-state index in [4.69, 9.17) is 9.15 Å². The van der Waals surface area contributed by atoms with Crippen molar-refractivity contribution in [1.82, 2.24) is 5.32 Å². The predicted molar refractivity (Wildman–Crippen MR) is 124 cm³/mol. The van der Waals surface area contributed by atoms with Crippen LogP contribution >= 0.6 is 27.3 Å². The number of fused-ring (bicyclic) bond motifs is 2. The van der Waals surface area contributed by atoms with E-state index in [0.29, 0.717) is 17.1 Å². The van der Waals surface area contributed by atoms with E-state index in [1.807, 2.05) is 18.2 Å². The molecule has 1 aliphatic carbocycles. The molecule has 1 saturated heterocycles. The van der Waals surface area contributed by atoms with Crippen LogP contribution in [-0.4, -0.2) is 31.1 Å². The van der Waals surface area contributed by atoms with Gasteiger partial charge in [-0.05, 0) is 55.9 Å². The Morgan fingerprint density at radius 1 is 1.23 bits per heavy atom. The summed E-state index contributed by atoms with van der Waals surface area (Å²) in [6.07, 6.45) is 6.80. The van der Waals surface area contributed by atoms with Crippen molar-refractivity contribution in [2.24, 2.45) is 0 Å². The summed E-state index contributed by atoms with van der Waals surface area (Å²) in [6.45, 7) is 1.27. The zero-order valence-corrected chi connectivity index (χ0v) is 19.4. The molecular weight excluding hydrogens is 480 g/mol. The van der Waals surface area contributed by atoms with Crippen molar-refractivity contribution < 1.29 is 18.7 Å². The number of carbonyl (C=O) groups is 2. The highest BCUT2D eigenvalue weighted by atomic mass is 79.9. The Morgan fingerprint density at radius 2 is 2.13 bits per heavy atom. The van der Waals surface area contributed by atoms with Crippen molar-refractivity contribution in [1.29, 1.82) is 0 Å². The number of amides is 2. The summed E-state index contributed by atoms with van der Waals surface area (Å²) >= 11 is 4.99. The van der Waals surface area contributed by atoms with Gasteiger partial charge in [0, 0.05) is 33.5 Å². The number of anilines is 1. The second kappa shape index (κ2) is 8.76. The number of halogens is 1. The first-order chi connectivity index (χ1) is 15.1. The Bertz CT molecular complexity index is 1150. The molecule has 1 aliphatic heterocycles. The van der Waals surface area contributed by atoms with Gasteiger partial charge in [0.1, 0.15) is 10.6 Å². The van der Waals surface area contributed by atoms with Gasteiger partial charge in [-0.2, -0.15) is 0 Å². The summed E-state index contributed by atoms with van der Waals surface area (Å²) in [7, 11) is 0. The third-order valence-corrected chi connectivity index (χ3v) is 7.58. The van der Waals surface area contributed by atoms with E-state index in [9.17, 15) is 9.59 Å². The second-order valence-corrected chi connectivity index (χ2v) is 10.1. The minimum Gasteiger partial charge on any atom is -0.464 e. The standard InChI is InChI=1S/C23H23BrN2O4S/c24-14-6-7-18-17(10-14)13(12-30-18)9-20(27)26-23-21(16-4-1-5-19(16)31-23)22(28)25-11-15-3-2-8-29-15/h6-7,10,12,15H,1-5,8-9,11H2,(H,25,28)(H,26,27). The van der Waals surface area contributed by atoms with Gasteiger partial charge in [0.25, 0.3) is 5.91 Å². The number of carbonyl (C=O) groups excluding carboxylic acids is 2. The molecule has 3 aromatic rings. The van der Waals surface area contributed by atoms with Crippen LogP contribution < -0.4 is 10.6 Å². The summed E-state index contributed by atoms with van der Waals surface area (Å²) in [5.41, 5.74) is 3.28. The molecule has 3 heterocycles. The molecule has 1 fully saturated rings. The van der Waals surface area contributed by atoms with Crippen molar-refractivity contribution in [2.75, 3.05) is 18.5 Å². The number of aryl methyl sites for hydroxylation is 1. The van der Waals surface area contributed by atoms with Crippen LogP contribution in [0.5, 0.6) is 0 Å². The summed E-state index contributed by atoms with van der Waals surface area (Å²) in [4.78, 5) is 27.1. The lowest BCUT2D eigenvalue weighted by atomic mass is 10.1. The van der Waals surface area contributed by atoms with Crippen molar-refractivity contribution in [3.63, 3.8) is 0 Å². The number of thiophene rings is 1. The lowest BCUT2D eigenvalue weighted by Crippen LogP contribution is -2.32. The Kier molecular flexibility index (Phi) is 5.86. The van der Waals surface area contributed by atoms with E-state index >= 15 is 0 Å². The third kappa shape index (κ3) is 4.29. The molecule has 1 unspecified atom stereocenters. The average molecular weight is 503 g/mol. The highest BCUT2D eigenvalue weighted by molar-refractivity contribution is 9.10. The van der Waals surface area contributed by atoms with Gasteiger partial charge >= 0.3 is 0 Å². The van der Waals surface area contributed by atoms with Gasteiger partial charge in [-0.25, -0.2) is 0 Å². The maximum absolute atomic E-state index is 13.0. The molecule has 1 atom stereocenters. The summed E-state index contributed by atoms with van der Waals surface area (Å²) in [5.74, 6) is -0.279. The SMILES string of the molecule is O=C(Cc1coc2ccc(Br)cc12)Nc1sc2c(c1C(=O)NCC1CCCO1)CCC2. The van der Waals surface area contributed by atoms with Crippen LogP contribution in [0.25, 0.3) is 11.0 Å². The first-order valence-corrected chi connectivity index (χ1v) is 12.2. The minimum absolute atomic E-state index is 0.0855. The Labute approximate surface area is 192 Å². The van der Waals surface area contributed by atoms with Gasteiger partial charge in [0.2, 0.25) is 5.91 Å². The van der Waals surface area contributed by atoms with Gasteiger partial charge in [-0.1, -0.05) is 15.9 Å². The third-order valence-electron chi connectivity index (χ3n) is 5.88. The van der Waals surface area contributed by atoms with E-state index < -0.39 is 0 Å². The molecule has 0 saturated carbocycles. The van der Waals surface area contributed by atoms with Gasteiger partial charge in [0.05, 0.1) is 24.4 Å². The molecule has 0 spiro atoms. The zero-order valence-electron chi connectivity index (χ0n) is 17.0. The molecule has 0 radical (unpaired) electrons. The zero-order chi connectivity index (χ0) is 21.4. The number of ether oxygens (including phenoxy) is 1. The normalized spacial score (nSPS) is 17.8. The molecule has 2 amide bonds. The fourth-order valence-corrected chi connectivity index (χ4v) is 6.03. The van der Waals surface area contributed by atoms with E-state index in [1.165, 1.54) is 16.2 Å². The van der Waals surface area contributed by atoms with Crippen LogP contribution in [0.3, 0.4) is 0 Å². The first kappa shape index (κ1) is 20.7. The van der Waals surface area contributed by atoms with Gasteiger partial charge < -0.3 is 19.8 Å². The van der Waals surface area contributed by atoms with E-state index in [-0.39, 0.29) is 24.3 Å². The van der Waals surface area contributed by atoms with Crippen LogP contribution in [0.15, 0.2) is 33.4 Å². The number of rotatable bonds is 6. The van der Waals surface area contributed by atoms with E-state index in [0.717, 1.165) is 65.3 Å². The molecule has 5 rings (SSSR count). The number of hydrogen-bond donors (Lipinski definition) is 2. The predicted octanol–water partition coefficient (Wildman–Crippen LogP) is 4.84. The van der Waals surface area contributed by atoms with Crippen LogP contribution in [0, 0.1) is 0 Å². The van der Waals surface area contributed by atoms with E-state index in [2.05, 4.69) is 26.6 Å². The Morgan fingerprint density at radius 3 is 2.97 bits per heavy atom. The maximum Gasteiger partial charge on any atom is 0.254 e. The maximum atomic E-state index is 13.0. The monoisotopic (exact) mass is 502 g/mol. The largest absolute Gasteiger partial charge is 0.464 e. The lowest BCUT2D eigenvalue weighted by molar-refractivity contribution is -0.115. The Balaban J connectivity index is 1.33. The molecule has 31 heavy (non-hydrogen) atoms. The summed E-state index contributed by atoms with van der Waals surface area (Å²) < 4.78 is 12.1. The molecule has 2 aliphatic rings. The molecule has 8 heteroatoms. The van der Waals surface area contributed by atoms with E-state index in [1.54, 1.807) is 6.26 Å². The van der Waals surface area contributed by atoms with Crippen molar-refractivity contribution in [3.8, 4) is 0 Å². The molecule has 0 bridgehead atoms. The number of nitrogens with one attached hydrogen (secondary N) is 2. The van der Waals surface area contributed by atoms with Gasteiger partial charge in [0.15, 0.2) is 0 Å². The quantitative estimate of drug-likeness (QED) is 0.505. The van der Waals surface area contributed by atoms with Crippen molar-refractivity contribution >= 4 is 55.1 Å². The lowest BCUT2D eigenvalue weighted by Gasteiger charge is -2.12. The molecule has 2 N–H and O–H groups in total. The summed E-state index contributed by atoms with van der Waals surface area (Å²) in [6, 6.07) is 5.73. The molecule has 162 valence electrons. The first-order valence-electron chi connectivity index (χ1n) is 10.6. The average Bonchev–Trinajstić information content (AvgIpc) is 3.51. The van der Waals surface area contributed by atoms with Crippen LogP contribution in [0.4, 0.5) is 5.00 Å². The minimum atomic E-state index is -0.157. The number of benzene rings is 1. The molecule has 1 aromatic carbocycles. The summed E-state index contributed by atoms with van der Waals surface area (Å²) in [5, 5.41) is 7.57. The highest BCUT2D eigenvalue weighted by Gasteiger charge is 2.28. The second-order valence-electron chi connectivity index (χ2n) is 8.03. The topological polar surface area (TPSA) is 80.6 Å². The molecule has 6 nitrogen and oxygen atoms in total. The van der Waals surface area contributed by atoms with Gasteiger partial charge in [-0.3, -0.25) is 9.59 Å². The van der Waals surface area contributed by atoms with Crippen LogP contribution in [0.2, 0.25) is 0 Å². The number of hydrogen-bond acceptors (Lipinski definition) is 5. The van der Waals surface area contributed by atoms with Crippen molar-refractivity contribution in [2.45, 2.75) is 44.6 Å². The number of furan rings is 1. The fourth-order valence-electron chi connectivity index (χ4n) is 4.37. The molecule has 2 aromatic heterocycles.